The molecule has 7 nitrogen and oxygen atoms in total. The number of aromatic nitrogens is 4. The smallest absolute Gasteiger partial charge is 0.272 e. The van der Waals surface area contributed by atoms with Crippen LogP contribution in [0, 0.1) is 17.0 Å². The lowest BCUT2D eigenvalue weighted by atomic mass is 10.1. The largest absolute Gasteiger partial charge is 0.302 e. The Morgan fingerprint density at radius 1 is 1.19 bits per heavy atom. The standard InChI is InChI=1S/C18H19N5O2S/c1-3-11-22-17(14-7-9-19-10-8-14)20-21-18(22)26-12-15-5-4-6-16(13(15)2)23(24)25/h4-10H,3,11-12H2,1-2H3. The summed E-state index contributed by atoms with van der Waals surface area (Å²) in [5, 5.41) is 20.6. The zero-order valence-electron chi connectivity index (χ0n) is 14.6. The molecule has 1 aromatic carbocycles. The number of hydrogen-bond acceptors (Lipinski definition) is 6. The van der Waals surface area contributed by atoms with Gasteiger partial charge in [-0.05, 0) is 31.0 Å². The van der Waals surface area contributed by atoms with E-state index < -0.39 is 0 Å². The predicted molar refractivity (Wildman–Crippen MR) is 101 cm³/mol. The summed E-state index contributed by atoms with van der Waals surface area (Å²) in [5.41, 5.74) is 2.75. The third kappa shape index (κ3) is 3.75. The summed E-state index contributed by atoms with van der Waals surface area (Å²) in [6.45, 7) is 4.70. The Kier molecular flexibility index (Phi) is 5.62. The van der Waals surface area contributed by atoms with Gasteiger partial charge in [-0.25, -0.2) is 0 Å². The SMILES string of the molecule is CCCn1c(SCc2cccc([N+](=O)[O-])c2C)nnc1-c1ccncc1. The van der Waals surface area contributed by atoms with Crippen molar-refractivity contribution in [2.45, 2.75) is 37.7 Å². The number of nitro groups is 1. The Morgan fingerprint density at radius 2 is 1.96 bits per heavy atom. The molecule has 2 heterocycles. The number of pyridine rings is 1. The van der Waals surface area contributed by atoms with Gasteiger partial charge in [0.05, 0.1) is 4.92 Å². The number of benzene rings is 1. The van der Waals surface area contributed by atoms with Crippen LogP contribution in [0.2, 0.25) is 0 Å². The van der Waals surface area contributed by atoms with Crippen molar-refractivity contribution in [3.63, 3.8) is 0 Å². The third-order valence-corrected chi connectivity index (χ3v) is 5.09. The molecule has 0 radical (unpaired) electrons. The molecule has 0 spiro atoms. The molecule has 0 bridgehead atoms. The second-order valence-corrected chi connectivity index (χ2v) is 6.74. The molecular formula is C18H19N5O2S. The van der Waals surface area contributed by atoms with Crippen molar-refractivity contribution in [1.29, 1.82) is 0 Å². The molecular weight excluding hydrogens is 350 g/mol. The second kappa shape index (κ2) is 8.09. The maximum atomic E-state index is 11.1. The van der Waals surface area contributed by atoms with Crippen molar-refractivity contribution in [3.05, 3.63) is 64.0 Å². The zero-order chi connectivity index (χ0) is 18.5. The molecule has 0 amide bonds. The zero-order valence-corrected chi connectivity index (χ0v) is 15.4. The summed E-state index contributed by atoms with van der Waals surface area (Å²) in [6.07, 6.45) is 4.43. The maximum Gasteiger partial charge on any atom is 0.272 e. The first kappa shape index (κ1) is 18.1. The highest BCUT2D eigenvalue weighted by Gasteiger charge is 2.16. The Balaban J connectivity index is 1.86. The van der Waals surface area contributed by atoms with Gasteiger partial charge in [0.1, 0.15) is 0 Å². The van der Waals surface area contributed by atoms with E-state index in [-0.39, 0.29) is 10.6 Å². The van der Waals surface area contributed by atoms with Crippen LogP contribution in [0.1, 0.15) is 24.5 Å². The highest BCUT2D eigenvalue weighted by atomic mass is 32.2. The van der Waals surface area contributed by atoms with Crippen molar-refractivity contribution in [2.24, 2.45) is 0 Å². The molecule has 0 aliphatic rings. The van der Waals surface area contributed by atoms with E-state index in [4.69, 9.17) is 0 Å². The van der Waals surface area contributed by atoms with Crippen molar-refractivity contribution >= 4 is 17.4 Å². The van der Waals surface area contributed by atoms with Crippen molar-refractivity contribution < 1.29 is 4.92 Å². The van der Waals surface area contributed by atoms with Gasteiger partial charge in [-0.2, -0.15) is 0 Å². The Morgan fingerprint density at radius 3 is 2.65 bits per heavy atom. The van der Waals surface area contributed by atoms with Gasteiger partial charge in [0.15, 0.2) is 11.0 Å². The summed E-state index contributed by atoms with van der Waals surface area (Å²) in [5.74, 6) is 1.42. The first-order valence-electron chi connectivity index (χ1n) is 8.31. The molecule has 0 saturated heterocycles. The topological polar surface area (TPSA) is 86.7 Å². The molecule has 0 saturated carbocycles. The van der Waals surface area contributed by atoms with Crippen LogP contribution in [0.25, 0.3) is 11.4 Å². The van der Waals surface area contributed by atoms with Gasteiger partial charge in [0.2, 0.25) is 0 Å². The summed E-state index contributed by atoms with van der Waals surface area (Å²) in [6, 6.07) is 9.00. The van der Waals surface area contributed by atoms with Gasteiger partial charge in [-0.3, -0.25) is 15.1 Å². The lowest BCUT2D eigenvalue weighted by Crippen LogP contribution is -2.02. The van der Waals surface area contributed by atoms with Gasteiger partial charge in [0, 0.05) is 41.9 Å². The fourth-order valence-electron chi connectivity index (χ4n) is 2.70. The van der Waals surface area contributed by atoms with Gasteiger partial charge < -0.3 is 4.57 Å². The van der Waals surface area contributed by atoms with E-state index in [0.717, 1.165) is 35.1 Å². The average molecular weight is 369 g/mol. The first-order valence-corrected chi connectivity index (χ1v) is 9.29. The minimum absolute atomic E-state index is 0.149. The molecule has 3 rings (SSSR count). The van der Waals surface area contributed by atoms with E-state index in [1.165, 1.54) is 6.07 Å². The van der Waals surface area contributed by atoms with Crippen LogP contribution in [0.4, 0.5) is 5.69 Å². The lowest BCUT2D eigenvalue weighted by molar-refractivity contribution is -0.385. The van der Waals surface area contributed by atoms with Crippen LogP contribution in [0.3, 0.4) is 0 Å². The van der Waals surface area contributed by atoms with Gasteiger partial charge in [-0.15, -0.1) is 10.2 Å². The summed E-state index contributed by atoms with van der Waals surface area (Å²) < 4.78 is 2.09. The minimum Gasteiger partial charge on any atom is -0.302 e. The number of hydrogen-bond donors (Lipinski definition) is 0. The van der Waals surface area contributed by atoms with E-state index in [9.17, 15) is 10.1 Å². The molecule has 3 aromatic rings. The Bertz CT molecular complexity index is 911. The van der Waals surface area contributed by atoms with Crippen LogP contribution in [0.15, 0.2) is 47.9 Å². The number of nitro benzene ring substituents is 1. The normalized spacial score (nSPS) is 10.8. The monoisotopic (exact) mass is 369 g/mol. The van der Waals surface area contributed by atoms with Crippen LogP contribution >= 0.6 is 11.8 Å². The van der Waals surface area contributed by atoms with E-state index in [2.05, 4.69) is 26.7 Å². The Labute approximate surface area is 155 Å². The highest BCUT2D eigenvalue weighted by molar-refractivity contribution is 7.98. The molecule has 0 aliphatic carbocycles. The van der Waals surface area contributed by atoms with Crippen LogP contribution in [-0.2, 0) is 12.3 Å². The minimum atomic E-state index is -0.343. The van der Waals surface area contributed by atoms with Crippen LogP contribution in [0.5, 0.6) is 0 Å². The number of nitrogens with zero attached hydrogens (tertiary/aromatic N) is 5. The van der Waals surface area contributed by atoms with Gasteiger partial charge >= 0.3 is 0 Å². The fraction of sp³-hybridized carbons (Fsp3) is 0.278. The summed E-state index contributed by atoms with van der Waals surface area (Å²) in [7, 11) is 0. The van der Waals surface area contributed by atoms with Crippen molar-refractivity contribution in [3.8, 4) is 11.4 Å². The molecule has 0 fully saturated rings. The molecule has 134 valence electrons. The van der Waals surface area contributed by atoms with E-state index in [1.807, 2.05) is 18.2 Å². The molecule has 0 N–H and O–H groups in total. The second-order valence-electron chi connectivity index (χ2n) is 5.80. The first-order chi connectivity index (χ1) is 12.6. The summed E-state index contributed by atoms with van der Waals surface area (Å²) >= 11 is 1.54. The lowest BCUT2D eigenvalue weighted by Gasteiger charge is -2.09. The molecule has 8 heteroatoms. The molecule has 0 unspecified atom stereocenters. The maximum absolute atomic E-state index is 11.1. The summed E-state index contributed by atoms with van der Waals surface area (Å²) in [4.78, 5) is 14.8. The average Bonchev–Trinajstić information content (AvgIpc) is 3.04. The number of rotatable bonds is 7. The molecule has 0 aliphatic heterocycles. The third-order valence-electron chi connectivity index (χ3n) is 4.07. The van der Waals surface area contributed by atoms with Gasteiger partial charge in [-0.1, -0.05) is 30.8 Å². The van der Waals surface area contributed by atoms with E-state index >= 15 is 0 Å². The van der Waals surface area contributed by atoms with Gasteiger partial charge in [0.25, 0.3) is 5.69 Å². The molecule has 0 atom stereocenters. The molecule has 2 aromatic heterocycles. The van der Waals surface area contributed by atoms with E-state index in [0.29, 0.717) is 11.3 Å². The fourth-order valence-corrected chi connectivity index (χ4v) is 3.73. The van der Waals surface area contributed by atoms with E-state index in [1.54, 1.807) is 37.1 Å². The highest BCUT2D eigenvalue weighted by Crippen LogP contribution is 2.29. The van der Waals surface area contributed by atoms with Crippen molar-refractivity contribution in [2.75, 3.05) is 0 Å². The number of thioether (sulfide) groups is 1. The Hall–Kier alpha value is -2.74. The van der Waals surface area contributed by atoms with Crippen LogP contribution < -0.4 is 0 Å². The molecule has 26 heavy (non-hydrogen) atoms. The quantitative estimate of drug-likeness (QED) is 0.351. The van der Waals surface area contributed by atoms with Crippen LogP contribution in [-0.4, -0.2) is 24.7 Å². The predicted octanol–water partition coefficient (Wildman–Crippen LogP) is 4.26. The van der Waals surface area contributed by atoms with Crippen molar-refractivity contribution in [1.82, 2.24) is 19.7 Å².